The van der Waals surface area contributed by atoms with Gasteiger partial charge in [-0.2, -0.15) is 0 Å². The maximum atomic E-state index is 3.61. The van der Waals surface area contributed by atoms with E-state index in [1.807, 2.05) is 0 Å². The van der Waals surface area contributed by atoms with Gasteiger partial charge < -0.3 is 5.32 Å². The van der Waals surface area contributed by atoms with Crippen LogP contribution in [0.5, 0.6) is 0 Å². The molecule has 0 aliphatic rings. The largest absolute Gasteiger partial charge is 0.306 e. The summed E-state index contributed by atoms with van der Waals surface area (Å²) >= 11 is 1.78. The zero-order chi connectivity index (χ0) is 14.5. The molecular formula is C18H23NS. The molecule has 0 bridgehead atoms. The van der Waals surface area contributed by atoms with Gasteiger partial charge in [0, 0.05) is 17.5 Å². The van der Waals surface area contributed by atoms with Crippen LogP contribution in [0, 0.1) is 13.8 Å². The van der Waals surface area contributed by atoms with E-state index in [1.54, 1.807) is 11.8 Å². The van der Waals surface area contributed by atoms with Crippen molar-refractivity contribution in [3.63, 3.8) is 0 Å². The van der Waals surface area contributed by atoms with E-state index in [1.165, 1.54) is 27.1 Å². The van der Waals surface area contributed by atoms with E-state index in [4.69, 9.17) is 0 Å². The first-order chi connectivity index (χ1) is 9.60. The molecular weight excluding hydrogens is 262 g/mol. The third-order valence-electron chi connectivity index (χ3n) is 3.67. The van der Waals surface area contributed by atoms with Crippen molar-refractivity contribution in [1.82, 2.24) is 5.32 Å². The van der Waals surface area contributed by atoms with Crippen LogP contribution in [0.3, 0.4) is 0 Å². The van der Waals surface area contributed by atoms with E-state index in [9.17, 15) is 0 Å². The fourth-order valence-electron chi connectivity index (χ4n) is 2.35. The molecule has 2 aromatic rings. The molecule has 0 saturated carbocycles. The lowest BCUT2D eigenvalue weighted by molar-refractivity contribution is 0.572. The van der Waals surface area contributed by atoms with E-state index in [0.29, 0.717) is 6.04 Å². The monoisotopic (exact) mass is 285 g/mol. The highest BCUT2D eigenvalue weighted by Crippen LogP contribution is 2.20. The van der Waals surface area contributed by atoms with Crippen molar-refractivity contribution < 1.29 is 0 Å². The highest BCUT2D eigenvalue weighted by atomic mass is 32.2. The molecule has 20 heavy (non-hydrogen) atoms. The summed E-state index contributed by atoms with van der Waals surface area (Å²) in [5, 5.41) is 3.61. The van der Waals surface area contributed by atoms with Crippen molar-refractivity contribution >= 4 is 11.8 Å². The van der Waals surface area contributed by atoms with Gasteiger partial charge in [0.2, 0.25) is 0 Å². The minimum atomic E-state index is 0.370. The number of rotatable bonds is 5. The van der Waals surface area contributed by atoms with Gasteiger partial charge in [0.25, 0.3) is 0 Å². The van der Waals surface area contributed by atoms with E-state index in [-0.39, 0.29) is 0 Å². The van der Waals surface area contributed by atoms with Gasteiger partial charge in [0.05, 0.1) is 0 Å². The van der Waals surface area contributed by atoms with Gasteiger partial charge in [-0.1, -0.05) is 35.9 Å². The van der Waals surface area contributed by atoms with Gasteiger partial charge in [0.15, 0.2) is 0 Å². The average Bonchev–Trinajstić information content (AvgIpc) is 2.47. The lowest BCUT2D eigenvalue weighted by Crippen LogP contribution is -2.19. The van der Waals surface area contributed by atoms with Gasteiger partial charge in [-0.25, -0.2) is 0 Å². The van der Waals surface area contributed by atoms with Crippen LogP contribution in [0.2, 0.25) is 0 Å². The first-order valence-corrected chi connectivity index (χ1v) is 8.26. The van der Waals surface area contributed by atoms with E-state index in [0.717, 1.165) is 6.54 Å². The Labute approximate surface area is 126 Å². The maximum Gasteiger partial charge on any atom is 0.0297 e. The van der Waals surface area contributed by atoms with Crippen LogP contribution < -0.4 is 5.32 Å². The molecule has 2 heteroatoms. The summed E-state index contributed by atoms with van der Waals surface area (Å²) < 4.78 is 0. The third kappa shape index (κ3) is 3.87. The molecule has 1 atom stereocenters. The predicted octanol–water partition coefficient (Wildman–Crippen LogP) is 4.88. The minimum Gasteiger partial charge on any atom is -0.306 e. The lowest BCUT2D eigenvalue weighted by Gasteiger charge is -2.17. The second-order valence-electron chi connectivity index (χ2n) is 5.31. The average molecular weight is 285 g/mol. The molecule has 0 amide bonds. The van der Waals surface area contributed by atoms with Gasteiger partial charge in [-0.3, -0.25) is 0 Å². The molecule has 0 aliphatic heterocycles. The van der Waals surface area contributed by atoms with Crippen LogP contribution in [0.1, 0.15) is 35.2 Å². The topological polar surface area (TPSA) is 12.0 Å². The zero-order valence-electron chi connectivity index (χ0n) is 12.7. The molecule has 0 saturated heterocycles. The fraction of sp³-hybridized carbons (Fsp3) is 0.333. The first-order valence-electron chi connectivity index (χ1n) is 7.03. The van der Waals surface area contributed by atoms with Crippen LogP contribution >= 0.6 is 11.8 Å². The standard InChI is InChI=1S/C18H23NS/c1-13-5-6-14(2)18(11-13)15(3)19-12-16-7-9-17(20-4)10-8-16/h5-11,15,19H,12H2,1-4H3. The molecule has 1 N–H and O–H groups in total. The number of hydrogen-bond acceptors (Lipinski definition) is 2. The van der Waals surface area contributed by atoms with E-state index < -0.39 is 0 Å². The van der Waals surface area contributed by atoms with Crippen molar-refractivity contribution in [2.75, 3.05) is 6.26 Å². The Morgan fingerprint density at radius 1 is 1.05 bits per heavy atom. The van der Waals surface area contributed by atoms with Crippen LogP contribution in [0.4, 0.5) is 0 Å². The number of thioether (sulfide) groups is 1. The van der Waals surface area contributed by atoms with Crippen molar-refractivity contribution in [3.8, 4) is 0 Å². The summed E-state index contributed by atoms with van der Waals surface area (Å²) in [5.41, 5.74) is 5.41. The summed E-state index contributed by atoms with van der Waals surface area (Å²) in [5.74, 6) is 0. The third-order valence-corrected chi connectivity index (χ3v) is 4.42. The maximum absolute atomic E-state index is 3.61. The number of nitrogens with one attached hydrogen (secondary N) is 1. The number of hydrogen-bond donors (Lipinski definition) is 1. The molecule has 1 nitrogen and oxygen atoms in total. The SMILES string of the molecule is CSc1ccc(CNC(C)c2cc(C)ccc2C)cc1. The van der Waals surface area contributed by atoms with Crippen LogP contribution in [-0.2, 0) is 6.54 Å². The molecule has 0 fully saturated rings. The zero-order valence-corrected chi connectivity index (χ0v) is 13.6. The lowest BCUT2D eigenvalue weighted by atomic mass is 10.00. The second-order valence-corrected chi connectivity index (χ2v) is 6.19. The molecule has 2 rings (SSSR count). The Morgan fingerprint density at radius 2 is 1.75 bits per heavy atom. The van der Waals surface area contributed by atoms with Gasteiger partial charge in [-0.05, 0) is 55.9 Å². The normalized spacial score (nSPS) is 12.4. The van der Waals surface area contributed by atoms with Gasteiger partial charge in [0.1, 0.15) is 0 Å². The van der Waals surface area contributed by atoms with Gasteiger partial charge >= 0.3 is 0 Å². The van der Waals surface area contributed by atoms with Crippen LogP contribution in [0.25, 0.3) is 0 Å². The number of aryl methyl sites for hydroxylation is 2. The van der Waals surface area contributed by atoms with Crippen molar-refractivity contribution in [2.45, 2.75) is 38.3 Å². The highest BCUT2D eigenvalue weighted by Gasteiger charge is 2.08. The molecule has 106 valence electrons. The molecule has 0 radical (unpaired) electrons. The van der Waals surface area contributed by atoms with Crippen molar-refractivity contribution in [3.05, 3.63) is 64.7 Å². The molecule has 2 aromatic carbocycles. The molecule has 0 aliphatic carbocycles. The highest BCUT2D eigenvalue weighted by molar-refractivity contribution is 7.98. The summed E-state index contributed by atoms with van der Waals surface area (Å²) in [7, 11) is 0. The summed E-state index contributed by atoms with van der Waals surface area (Å²) in [6.45, 7) is 7.47. The molecule has 0 heterocycles. The summed E-state index contributed by atoms with van der Waals surface area (Å²) in [6.07, 6.45) is 2.11. The van der Waals surface area contributed by atoms with Gasteiger partial charge in [-0.15, -0.1) is 11.8 Å². The predicted molar refractivity (Wildman–Crippen MR) is 89.4 cm³/mol. The Hall–Kier alpha value is -1.25. The van der Waals surface area contributed by atoms with Crippen LogP contribution in [0.15, 0.2) is 47.4 Å². The Morgan fingerprint density at radius 3 is 2.40 bits per heavy atom. The van der Waals surface area contributed by atoms with Crippen molar-refractivity contribution in [1.29, 1.82) is 0 Å². The van der Waals surface area contributed by atoms with Crippen molar-refractivity contribution in [2.24, 2.45) is 0 Å². The second kappa shape index (κ2) is 6.96. The van der Waals surface area contributed by atoms with Crippen LogP contribution in [-0.4, -0.2) is 6.26 Å². The summed E-state index contributed by atoms with van der Waals surface area (Å²) in [6, 6.07) is 15.8. The molecule has 0 spiro atoms. The van der Waals surface area contributed by atoms with E-state index >= 15 is 0 Å². The first kappa shape index (κ1) is 15.1. The minimum absolute atomic E-state index is 0.370. The fourth-order valence-corrected chi connectivity index (χ4v) is 2.76. The Bertz CT molecular complexity index is 560. The Balaban J connectivity index is 2.00. The Kier molecular flexibility index (Phi) is 5.27. The van der Waals surface area contributed by atoms with E-state index in [2.05, 4.69) is 74.8 Å². The number of benzene rings is 2. The molecule has 0 aromatic heterocycles. The quantitative estimate of drug-likeness (QED) is 0.786. The molecule has 1 unspecified atom stereocenters. The summed E-state index contributed by atoms with van der Waals surface area (Å²) in [4.78, 5) is 1.32. The smallest absolute Gasteiger partial charge is 0.0297 e.